The van der Waals surface area contributed by atoms with E-state index in [9.17, 15) is 8.76 Å². The lowest BCUT2D eigenvalue weighted by Gasteiger charge is -2.20. The van der Waals surface area contributed by atoms with Crippen LogP contribution in [0, 0.1) is 0 Å². The molecule has 0 aliphatic rings. The molecule has 0 amide bonds. The molecule has 3 rings (SSSR count). The van der Waals surface area contributed by atoms with Crippen molar-refractivity contribution in [3.8, 4) is 5.75 Å². The van der Waals surface area contributed by atoms with Crippen LogP contribution in [0.3, 0.4) is 0 Å². The van der Waals surface area contributed by atoms with Crippen molar-refractivity contribution in [1.29, 1.82) is 0 Å². The highest BCUT2D eigenvalue weighted by Gasteiger charge is 2.25. The largest absolute Gasteiger partial charge is 0.490 e. The molecule has 0 heterocycles. The number of para-hydroxylation sites is 1. The third-order valence-electron chi connectivity index (χ3n) is 4.02. The Labute approximate surface area is 153 Å². The van der Waals surface area contributed by atoms with E-state index in [0.29, 0.717) is 29.5 Å². The van der Waals surface area contributed by atoms with Gasteiger partial charge in [-0.15, -0.1) is 11.6 Å². The van der Waals surface area contributed by atoms with Gasteiger partial charge in [-0.3, -0.25) is 0 Å². The molecule has 3 aromatic carbocycles. The van der Waals surface area contributed by atoms with Crippen LogP contribution in [0.2, 0.25) is 0 Å². The van der Waals surface area contributed by atoms with Crippen molar-refractivity contribution >= 4 is 39.1 Å². The summed E-state index contributed by atoms with van der Waals surface area (Å²) < 4.78 is 27.8. The van der Waals surface area contributed by atoms with Gasteiger partial charge in [-0.2, -0.15) is 0 Å². The topological polar surface area (TPSA) is 72.5 Å². The van der Waals surface area contributed by atoms with Crippen molar-refractivity contribution in [1.82, 2.24) is 0 Å². The molecule has 0 aliphatic carbocycles. The maximum Gasteiger partial charge on any atom is 0.165 e. The normalized spacial score (nSPS) is 13.5. The number of benzene rings is 3. The van der Waals surface area contributed by atoms with E-state index in [1.807, 2.05) is 42.5 Å². The minimum Gasteiger partial charge on any atom is -0.490 e. The number of nitrogen functional groups attached to an aromatic ring is 1. The number of nitrogens with two attached hydrogens (primary N) is 1. The molecule has 4 nitrogen and oxygen atoms in total. The first-order chi connectivity index (χ1) is 12.1. The summed E-state index contributed by atoms with van der Waals surface area (Å²) >= 11 is 3.52. The molecule has 0 saturated carbocycles. The summed E-state index contributed by atoms with van der Waals surface area (Å²) in [7, 11) is 0. The highest BCUT2D eigenvalue weighted by molar-refractivity contribution is 7.79. The van der Waals surface area contributed by atoms with Gasteiger partial charge < -0.3 is 15.0 Å². The number of halogens is 1. The van der Waals surface area contributed by atoms with Crippen LogP contribution in [-0.2, 0) is 11.1 Å². The van der Waals surface area contributed by atoms with E-state index >= 15 is 0 Å². The highest BCUT2D eigenvalue weighted by atomic mass is 35.5. The molecular formula is C19H18ClNO3S. The zero-order valence-corrected chi connectivity index (χ0v) is 15.0. The Morgan fingerprint density at radius 2 is 1.72 bits per heavy atom. The predicted molar refractivity (Wildman–Crippen MR) is 104 cm³/mol. The van der Waals surface area contributed by atoms with Gasteiger partial charge in [-0.1, -0.05) is 54.6 Å². The summed E-state index contributed by atoms with van der Waals surface area (Å²) in [4.78, 5) is 0. The van der Waals surface area contributed by atoms with E-state index in [4.69, 9.17) is 22.1 Å². The third kappa shape index (κ3) is 3.63. The molecule has 2 atom stereocenters. The van der Waals surface area contributed by atoms with Gasteiger partial charge >= 0.3 is 0 Å². The molecule has 2 unspecified atom stereocenters. The van der Waals surface area contributed by atoms with Gasteiger partial charge in [0.05, 0.1) is 11.6 Å². The van der Waals surface area contributed by atoms with E-state index in [-0.39, 0.29) is 0 Å². The third-order valence-corrected chi connectivity index (χ3v) is 5.09. The lowest BCUT2D eigenvalue weighted by Crippen LogP contribution is -2.12. The van der Waals surface area contributed by atoms with Gasteiger partial charge in [0, 0.05) is 5.56 Å². The lowest BCUT2D eigenvalue weighted by molar-refractivity contribution is 0.344. The van der Waals surface area contributed by atoms with E-state index in [1.165, 1.54) is 0 Å². The zero-order chi connectivity index (χ0) is 17.8. The second-order valence-electron chi connectivity index (χ2n) is 5.52. The van der Waals surface area contributed by atoms with Crippen molar-refractivity contribution in [2.75, 3.05) is 18.2 Å². The Bertz CT molecular complexity index is 911. The Morgan fingerprint density at radius 3 is 2.48 bits per heavy atom. The van der Waals surface area contributed by atoms with E-state index in [1.54, 1.807) is 18.2 Å². The second kappa shape index (κ2) is 7.87. The van der Waals surface area contributed by atoms with Gasteiger partial charge in [0.1, 0.15) is 17.6 Å². The Morgan fingerprint density at radius 1 is 1.04 bits per heavy atom. The molecule has 0 aromatic heterocycles. The molecular weight excluding hydrogens is 358 g/mol. The fourth-order valence-electron chi connectivity index (χ4n) is 2.93. The van der Waals surface area contributed by atoms with Gasteiger partial charge in [0.2, 0.25) is 0 Å². The molecule has 130 valence electrons. The first kappa shape index (κ1) is 17.7. The van der Waals surface area contributed by atoms with Crippen LogP contribution < -0.4 is 10.5 Å². The highest BCUT2D eigenvalue weighted by Crippen LogP contribution is 2.38. The fraction of sp³-hybridized carbons (Fsp3) is 0.158. The maximum atomic E-state index is 12.2. The second-order valence-corrected chi connectivity index (χ2v) is 6.92. The van der Waals surface area contributed by atoms with Crippen LogP contribution in [-0.4, -0.2) is 21.2 Å². The molecule has 0 aliphatic heterocycles. The smallest absolute Gasteiger partial charge is 0.165 e. The summed E-state index contributed by atoms with van der Waals surface area (Å²) in [5.74, 6) is 0.802. The maximum absolute atomic E-state index is 12.2. The standard InChI is InChI=1S/C19H18ClNO3S/c20-11-12-24-17-10-4-9-16(18(17)21)19(25(22)23)15-8-3-6-13-5-1-2-7-14(13)15/h1-10,19H,11-12,21H2,(H,22,23). The number of ether oxygens (including phenoxy) is 1. The number of fused-ring (bicyclic) bond motifs is 1. The van der Waals surface area contributed by atoms with Gasteiger partial charge in [-0.25, -0.2) is 4.21 Å². The minimum atomic E-state index is -2.15. The van der Waals surface area contributed by atoms with Crippen LogP contribution in [0.25, 0.3) is 10.8 Å². The predicted octanol–water partition coefficient (Wildman–Crippen LogP) is 4.35. The number of alkyl halides is 1. The average molecular weight is 376 g/mol. The van der Waals surface area contributed by atoms with Crippen molar-refractivity contribution in [3.63, 3.8) is 0 Å². The van der Waals surface area contributed by atoms with Crippen molar-refractivity contribution in [3.05, 3.63) is 71.8 Å². The van der Waals surface area contributed by atoms with Crippen molar-refractivity contribution in [2.24, 2.45) is 0 Å². The molecule has 3 aromatic rings. The summed E-state index contributed by atoms with van der Waals surface area (Å²) in [6.45, 7) is 0.316. The molecule has 0 spiro atoms. The lowest BCUT2D eigenvalue weighted by atomic mass is 9.97. The van der Waals surface area contributed by atoms with Gasteiger partial charge in [0.25, 0.3) is 0 Å². The summed E-state index contributed by atoms with van der Waals surface area (Å²) in [5, 5.41) is 1.15. The van der Waals surface area contributed by atoms with Crippen LogP contribution in [0.4, 0.5) is 5.69 Å². The molecule has 0 bridgehead atoms. The molecule has 0 radical (unpaired) electrons. The van der Waals surface area contributed by atoms with Crippen LogP contribution in [0.5, 0.6) is 5.75 Å². The van der Waals surface area contributed by atoms with Crippen LogP contribution in [0.15, 0.2) is 60.7 Å². The number of rotatable bonds is 6. The minimum absolute atomic E-state index is 0.316. The Balaban J connectivity index is 2.16. The summed E-state index contributed by atoms with van der Waals surface area (Å²) in [5.41, 5.74) is 7.89. The summed E-state index contributed by atoms with van der Waals surface area (Å²) in [6, 6.07) is 18.7. The van der Waals surface area contributed by atoms with Crippen LogP contribution in [0.1, 0.15) is 16.4 Å². The Hall–Kier alpha value is -2.08. The quantitative estimate of drug-likeness (QED) is 0.381. The molecule has 0 fully saturated rings. The van der Waals surface area contributed by atoms with Crippen molar-refractivity contribution in [2.45, 2.75) is 5.25 Å². The van der Waals surface area contributed by atoms with E-state index in [2.05, 4.69) is 0 Å². The monoisotopic (exact) mass is 375 g/mol. The number of hydrogen-bond donors (Lipinski definition) is 2. The average Bonchev–Trinajstić information content (AvgIpc) is 2.62. The van der Waals surface area contributed by atoms with Gasteiger partial charge in [0.15, 0.2) is 11.1 Å². The fourth-order valence-corrected chi connectivity index (χ4v) is 3.85. The molecule has 3 N–H and O–H groups in total. The van der Waals surface area contributed by atoms with Crippen molar-refractivity contribution < 1.29 is 13.5 Å². The first-order valence-electron chi connectivity index (χ1n) is 7.78. The summed E-state index contributed by atoms with van der Waals surface area (Å²) in [6.07, 6.45) is 0. The molecule has 6 heteroatoms. The Kier molecular flexibility index (Phi) is 5.58. The van der Waals surface area contributed by atoms with Crippen LogP contribution >= 0.6 is 11.6 Å². The SMILES string of the molecule is Nc1c(OCCCl)cccc1C(c1cccc2ccccc12)S(=O)O. The first-order valence-corrected chi connectivity index (χ1v) is 9.48. The van der Waals surface area contributed by atoms with Gasteiger partial charge in [-0.05, 0) is 22.4 Å². The zero-order valence-electron chi connectivity index (χ0n) is 13.4. The van der Waals surface area contributed by atoms with E-state index in [0.717, 1.165) is 16.3 Å². The molecule has 0 saturated heterocycles. The van der Waals surface area contributed by atoms with E-state index < -0.39 is 16.3 Å². The number of hydrogen-bond acceptors (Lipinski definition) is 3. The molecule has 25 heavy (non-hydrogen) atoms. The number of anilines is 1.